The summed E-state index contributed by atoms with van der Waals surface area (Å²) in [5, 5.41) is 3.09. The Morgan fingerprint density at radius 2 is 1.70 bits per heavy atom. The summed E-state index contributed by atoms with van der Waals surface area (Å²) in [5.41, 5.74) is 1.86. The number of halogens is 2. The molecular formula is C16H17F2NS. The Bertz CT molecular complexity index is 596. The SMILES string of the molecule is CNC(c1ccc(SC)cc1)c1cc(C)c(F)cc1F. The number of thioether (sulfide) groups is 1. The fourth-order valence-corrected chi connectivity index (χ4v) is 2.61. The van der Waals surface area contributed by atoms with Crippen LogP contribution in [-0.2, 0) is 0 Å². The first-order valence-electron chi connectivity index (χ1n) is 6.33. The number of nitrogens with one attached hydrogen (secondary N) is 1. The third kappa shape index (κ3) is 3.02. The molecule has 0 heterocycles. The summed E-state index contributed by atoms with van der Waals surface area (Å²) in [6.07, 6.45) is 2.01. The monoisotopic (exact) mass is 293 g/mol. The Balaban J connectivity index is 2.43. The third-order valence-electron chi connectivity index (χ3n) is 3.33. The second kappa shape index (κ2) is 6.37. The smallest absolute Gasteiger partial charge is 0.131 e. The largest absolute Gasteiger partial charge is 0.309 e. The zero-order valence-corrected chi connectivity index (χ0v) is 12.5. The fraction of sp³-hybridized carbons (Fsp3) is 0.250. The molecule has 0 amide bonds. The standard InChI is InChI=1S/C16H17F2NS/c1-10-8-13(15(18)9-14(10)17)16(19-2)11-4-6-12(20-3)7-5-11/h4-9,16,19H,1-3H3. The van der Waals surface area contributed by atoms with Gasteiger partial charge in [-0.3, -0.25) is 0 Å². The molecule has 0 aliphatic heterocycles. The molecule has 0 fully saturated rings. The zero-order valence-electron chi connectivity index (χ0n) is 11.7. The van der Waals surface area contributed by atoms with Gasteiger partial charge in [-0.15, -0.1) is 11.8 Å². The van der Waals surface area contributed by atoms with Crippen molar-refractivity contribution in [3.8, 4) is 0 Å². The van der Waals surface area contributed by atoms with Crippen LogP contribution in [0.3, 0.4) is 0 Å². The van der Waals surface area contributed by atoms with E-state index in [4.69, 9.17) is 0 Å². The summed E-state index contributed by atoms with van der Waals surface area (Å²) < 4.78 is 27.4. The van der Waals surface area contributed by atoms with Crippen molar-refractivity contribution in [2.75, 3.05) is 13.3 Å². The first kappa shape index (κ1) is 15.0. The molecule has 0 spiro atoms. The molecular weight excluding hydrogens is 276 g/mol. The van der Waals surface area contributed by atoms with Gasteiger partial charge >= 0.3 is 0 Å². The van der Waals surface area contributed by atoms with Crippen molar-refractivity contribution >= 4 is 11.8 Å². The van der Waals surface area contributed by atoms with E-state index in [9.17, 15) is 8.78 Å². The van der Waals surface area contributed by atoms with E-state index in [2.05, 4.69) is 5.32 Å². The normalized spacial score (nSPS) is 12.4. The molecule has 2 aromatic carbocycles. The van der Waals surface area contributed by atoms with Crippen LogP contribution in [0.15, 0.2) is 41.3 Å². The fourth-order valence-electron chi connectivity index (χ4n) is 2.20. The van der Waals surface area contributed by atoms with Crippen LogP contribution in [0.25, 0.3) is 0 Å². The van der Waals surface area contributed by atoms with Gasteiger partial charge in [0.25, 0.3) is 0 Å². The molecule has 0 saturated heterocycles. The van der Waals surface area contributed by atoms with Crippen molar-refractivity contribution in [1.29, 1.82) is 0 Å². The van der Waals surface area contributed by atoms with Crippen molar-refractivity contribution in [1.82, 2.24) is 5.32 Å². The van der Waals surface area contributed by atoms with E-state index in [0.29, 0.717) is 11.1 Å². The zero-order chi connectivity index (χ0) is 14.7. The topological polar surface area (TPSA) is 12.0 Å². The van der Waals surface area contributed by atoms with E-state index in [1.54, 1.807) is 31.8 Å². The molecule has 0 aliphatic rings. The van der Waals surface area contributed by atoms with Crippen LogP contribution in [0.2, 0.25) is 0 Å². The molecule has 2 aromatic rings. The van der Waals surface area contributed by atoms with Gasteiger partial charge in [-0.25, -0.2) is 8.78 Å². The van der Waals surface area contributed by atoms with Gasteiger partial charge in [-0.1, -0.05) is 12.1 Å². The highest BCUT2D eigenvalue weighted by Gasteiger charge is 2.18. The molecule has 4 heteroatoms. The van der Waals surface area contributed by atoms with Gasteiger partial charge in [0, 0.05) is 16.5 Å². The van der Waals surface area contributed by atoms with Crippen LogP contribution >= 0.6 is 11.8 Å². The van der Waals surface area contributed by atoms with Crippen molar-refractivity contribution < 1.29 is 8.78 Å². The van der Waals surface area contributed by atoms with Gasteiger partial charge < -0.3 is 5.32 Å². The van der Waals surface area contributed by atoms with Gasteiger partial charge in [-0.05, 0) is 49.6 Å². The average Bonchev–Trinajstić information content (AvgIpc) is 2.46. The molecule has 0 bridgehead atoms. The molecule has 0 saturated carbocycles. The minimum Gasteiger partial charge on any atom is -0.309 e. The Kier molecular flexibility index (Phi) is 4.78. The van der Waals surface area contributed by atoms with Crippen molar-refractivity contribution in [3.05, 3.63) is 64.7 Å². The van der Waals surface area contributed by atoms with Gasteiger partial charge in [0.1, 0.15) is 11.6 Å². The van der Waals surface area contributed by atoms with E-state index in [0.717, 1.165) is 16.5 Å². The highest BCUT2D eigenvalue weighted by molar-refractivity contribution is 7.98. The summed E-state index contributed by atoms with van der Waals surface area (Å²) >= 11 is 1.66. The van der Waals surface area contributed by atoms with Crippen molar-refractivity contribution in [3.63, 3.8) is 0 Å². The van der Waals surface area contributed by atoms with E-state index in [1.165, 1.54) is 0 Å². The number of hydrogen-bond acceptors (Lipinski definition) is 2. The quantitative estimate of drug-likeness (QED) is 0.843. The van der Waals surface area contributed by atoms with E-state index < -0.39 is 11.6 Å². The van der Waals surface area contributed by atoms with Gasteiger partial charge in [0.2, 0.25) is 0 Å². The Morgan fingerprint density at radius 3 is 2.25 bits per heavy atom. The summed E-state index contributed by atoms with van der Waals surface area (Å²) in [6.45, 7) is 1.64. The number of rotatable bonds is 4. The summed E-state index contributed by atoms with van der Waals surface area (Å²) in [6, 6.07) is 10.2. The number of aryl methyl sites for hydroxylation is 1. The van der Waals surface area contributed by atoms with E-state index >= 15 is 0 Å². The molecule has 20 heavy (non-hydrogen) atoms. The van der Waals surface area contributed by atoms with Crippen LogP contribution in [0.5, 0.6) is 0 Å². The van der Waals surface area contributed by atoms with E-state index in [1.807, 2.05) is 30.5 Å². The highest BCUT2D eigenvalue weighted by atomic mass is 32.2. The van der Waals surface area contributed by atoms with Crippen LogP contribution in [-0.4, -0.2) is 13.3 Å². The van der Waals surface area contributed by atoms with Gasteiger partial charge in [0.05, 0.1) is 6.04 Å². The maximum atomic E-state index is 14.0. The molecule has 0 aliphatic carbocycles. The molecule has 1 unspecified atom stereocenters. The molecule has 1 atom stereocenters. The molecule has 0 aromatic heterocycles. The Morgan fingerprint density at radius 1 is 1.05 bits per heavy atom. The third-order valence-corrected chi connectivity index (χ3v) is 4.07. The Labute approximate surface area is 122 Å². The van der Waals surface area contributed by atoms with Gasteiger partial charge in [0.15, 0.2) is 0 Å². The predicted octanol–water partition coefficient (Wildman–Crippen LogP) is 4.30. The average molecular weight is 293 g/mol. The second-order valence-electron chi connectivity index (χ2n) is 4.62. The number of hydrogen-bond donors (Lipinski definition) is 1. The van der Waals surface area contributed by atoms with Crippen LogP contribution in [0.4, 0.5) is 8.78 Å². The lowest BCUT2D eigenvalue weighted by atomic mass is 9.97. The molecule has 1 N–H and O–H groups in total. The first-order chi connectivity index (χ1) is 9.56. The molecule has 1 nitrogen and oxygen atoms in total. The summed E-state index contributed by atoms with van der Waals surface area (Å²) in [5.74, 6) is -1.04. The van der Waals surface area contributed by atoms with Crippen LogP contribution in [0.1, 0.15) is 22.7 Å². The molecule has 0 radical (unpaired) electrons. The van der Waals surface area contributed by atoms with Crippen LogP contribution in [0, 0.1) is 18.6 Å². The molecule has 2 rings (SSSR count). The van der Waals surface area contributed by atoms with Crippen molar-refractivity contribution in [2.24, 2.45) is 0 Å². The summed E-state index contributed by atoms with van der Waals surface area (Å²) in [7, 11) is 1.77. The first-order valence-corrected chi connectivity index (χ1v) is 7.56. The summed E-state index contributed by atoms with van der Waals surface area (Å²) in [4.78, 5) is 1.15. The lowest BCUT2D eigenvalue weighted by molar-refractivity contribution is 0.547. The lowest BCUT2D eigenvalue weighted by Crippen LogP contribution is -2.19. The van der Waals surface area contributed by atoms with Crippen molar-refractivity contribution in [2.45, 2.75) is 17.9 Å². The lowest BCUT2D eigenvalue weighted by Gasteiger charge is -2.19. The predicted molar refractivity (Wildman–Crippen MR) is 80.2 cm³/mol. The van der Waals surface area contributed by atoms with E-state index in [-0.39, 0.29) is 6.04 Å². The minimum absolute atomic E-state index is 0.287. The maximum absolute atomic E-state index is 14.0. The van der Waals surface area contributed by atoms with Gasteiger partial charge in [-0.2, -0.15) is 0 Å². The van der Waals surface area contributed by atoms with Crippen LogP contribution < -0.4 is 5.32 Å². The Hall–Kier alpha value is -1.39. The number of benzene rings is 2. The molecule has 106 valence electrons. The highest BCUT2D eigenvalue weighted by Crippen LogP contribution is 2.27. The minimum atomic E-state index is -0.526. The second-order valence-corrected chi connectivity index (χ2v) is 5.50. The maximum Gasteiger partial charge on any atom is 0.131 e.